The molecule has 1 saturated carbocycles. The first kappa shape index (κ1) is 25.5. The Kier molecular flexibility index (Phi) is 8.08. The largest absolute Gasteiger partial charge is 0.462 e. The highest BCUT2D eigenvalue weighted by Gasteiger charge is 2.34. The van der Waals surface area contributed by atoms with Gasteiger partial charge in [0.2, 0.25) is 5.91 Å². The van der Waals surface area contributed by atoms with Gasteiger partial charge in [-0.25, -0.2) is 9.48 Å². The average Bonchev–Trinajstić information content (AvgIpc) is 3.30. The van der Waals surface area contributed by atoms with Crippen LogP contribution in [0.3, 0.4) is 0 Å². The van der Waals surface area contributed by atoms with Gasteiger partial charge < -0.3 is 9.47 Å². The first-order chi connectivity index (χ1) is 17.4. The van der Waals surface area contributed by atoms with E-state index >= 15 is 0 Å². The summed E-state index contributed by atoms with van der Waals surface area (Å²) in [6, 6.07) is 16.8. The highest BCUT2D eigenvalue weighted by Crippen LogP contribution is 2.33. The van der Waals surface area contributed by atoms with E-state index in [4.69, 9.17) is 14.6 Å². The summed E-state index contributed by atoms with van der Waals surface area (Å²) in [6.07, 6.45) is 5.45. The Morgan fingerprint density at radius 1 is 1.00 bits per heavy atom. The highest BCUT2D eigenvalue weighted by molar-refractivity contribution is 6.02. The molecule has 3 aromatic rings. The quantitative estimate of drug-likeness (QED) is 0.342. The monoisotopic (exact) mass is 489 g/mol. The molecule has 1 aliphatic carbocycles. The van der Waals surface area contributed by atoms with Crippen LogP contribution in [0.4, 0.5) is 5.82 Å². The van der Waals surface area contributed by atoms with Gasteiger partial charge in [0.05, 0.1) is 12.3 Å². The molecule has 0 N–H and O–H groups in total. The third kappa shape index (κ3) is 5.78. The molecule has 1 amide bonds. The minimum Gasteiger partial charge on any atom is -0.462 e. The lowest BCUT2D eigenvalue weighted by molar-refractivity contribution is -0.124. The number of anilines is 1. The molecule has 1 aliphatic rings. The fourth-order valence-corrected chi connectivity index (χ4v) is 4.63. The first-order valence-corrected chi connectivity index (χ1v) is 12.8. The number of carbonyl (C=O) groups excluding carboxylic acids is 2. The van der Waals surface area contributed by atoms with E-state index < -0.39 is 5.97 Å². The van der Waals surface area contributed by atoms with E-state index in [9.17, 15) is 9.59 Å². The van der Waals surface area contributed by atoms with Crippen molar-refractivity contribution in [3.8, 4) is 17.2 Å². The number of ether oxygens (including phenoxy) is 2. The summed E-state index contributed by atoms with van der Waals surface area (Å²) in [5.41, 5.74) is 1.03. The van der Waals surface area contributed by atoms with Crippen molar-refractivity contribution in [2.24, 2.45) is 11.8 Å². The third-order valence-electron chi connectivity index (χ3n) is 6.62. The number of aromatic nitrogens is 2. The molecule has 7 heteroatoms. The van der Waals surface area contributed by atoms with Crippen LogP contribution in [-0.4, -0.2) is 34.3 Å². The van der Waals surface area contributed by atoms with E-state index in [0.29, 0.717) is 17.5 Å². The molecule has 0 unspecified atom stereocenters. The predicted molar refractivity (Wildman–Crippen MR) is 140 cm³/mol. The third-order valence-corrected chi connectivity index (χ3v) is 6.62. The Hall–Kier alpha value is -3.61. The van der Waals surface area contributed by atoms with Crippen LogP contribution in [0.15, 0.2) is 60.8 Å². The van der Waals surface area contributed by atoms with Gasteiger partial charge in [0.1, 0.15) is 17.1 Å². The second-order valence-corrected chi connectivity index (χ2v) is 9.70. The molecule has 1 fully saturated rings. The van der Waals surface area contributed by atoms with Crippen LogP contribution in [-0.2, 0) is 9.53 Å². The standard InChI is InChI=1S/C29H35N3O4/c1-5-35-29(34)26-19-31(23-15-17-25(18-16-23)36-24-9-7-6-8-10-24)30-27(26)32(20(2)3)28(33)22-13-11-21(4)12-14-22/h6-10,15-22H,5,11-14H2,1-4H3. The SMILES string of the molecule is CCOC(=O)c1cn(-c2ccc(Oc3ccccc3)cc2)nc1N(C(=O)C1CCC(C)CC1)C(C)C. The summed E-state index contributed by atoms with van der Waals surface area (Å²) >= 11 is 0. The van der Waals surface area contributed by atoms with E-state index in [1.54, 1.807) is 22.7 Å². The maximum atomic E-state index is 13.7. The fraction of sp³-hybridized carbons (Fsp3) is 0.414. The molecule has 0 radical (unpaired) electrons. The summed E-state index contributed by atoms with van der Waals surface area (Å²) < 4.78 is 12.8. The van der Waals surface area contributed by atoms with Gasteiger partial charge in [-0.3, -0.25) is 9.69 Å². The van der Waals surface area contributed by atoms with Crippen LogP contribution in [0, 0.1) is 11.8 Å². The van der Waals surface area contributed by atoms with Crippen molar-refractivity contribution in [1.82, 2.24) is 9.78 Å². The molecular weight excluding hydrogens is 454 g/mol. The number of rotatable bonds is 8. The normalized spacial score (nSPS) is 17.6. The number of para-hydroxylation sites is 1. The Morgan fingerprint density at radius 3 is 2.25 bits per heavy atom. The minimum atomic E-state index is -0.488. The van der Waals surface area contributed by atoms with Crippen molar-refractivity contribution in [2.45, 2.75) is 59.4 Å². The first-order valence-electron chi connectivity index (χ1n) is 12.8. The molecule has 1 aromatic heterocycles. The van der Waals surface area contributed by atoms with Crippen molar-refractivity contribution < 1.29 is 19.1 Å². The Morgan fingerprint density at radius 2 is 1.64 bits per heavy atom. The zero-order chi connectivity index (χ0) is 25.7. The van der Waals surface area contributed by atoms with Crippen molar-refractivity contribution in [2.75, 3.05) is 11.5 Å². The highest BCUT2D eigenvalue weighted by atomic mass is 16.5. The van der Waals surface area contributed by atoms with Gasteiger partial charge in [-0.1, -0.05) is 25.1 Å². The number of carbonyl (C=O) groups is 2. The topological polar surface area (TPSA) is 73.7 Å². The lowest BCUT2D eigenvalue weighted by Crippen LogP contribution is -2.43. The van der Waals surface area contributed by atoms with Gasteiger partial charge in [-0.15, -0.1) is 5.10 Å². The van der Waals surface area contributed by atoms with E-state index in [1.807, 2.05) is 68.4 Å². The zero-order valence-corrected chi connectivity index (χ0v) is 21.5. The van der Waals surface area contributed by atoms with Crippen LogP contribution in [0.5, 0.6) is 11.5 Å². The second kappa shape index (κ2) is 11.4. The Labute approximate surface area is 213 Å². The summed E-state index contributed by atoms with van der Waals surface area (Å²) in [5, 5.41) is 4.73. The number of hydrogen-bond donors (Lipinski definition) is 0. The van der Waals surface area contributed by atoms with E-state index in [-0.39, 0.29) is 30.0 Å². The number of esters is 1. The Bertz CT molecular complexity index is 1160. The Balaban J connectivity index is 1.65. The van der Waals surface area contributed by atoms with Crippen LogP contribution in [0.2, 0.25) is 0 Å². The minimum absolute atomic E-state index is 0.0271. The van der Waals surface area contributed by atoms with Crippen molar-refractivity contribution in [3.05, 3.63) is 66.4 Å². The maximum absolute atomic E-state index is 13.7. The molecule has 7 nitrogen and oxygen atoms in total. The number of hydrogen-bond acceptors (Lipinski definition) is 5. The molecule has 2 aromatic carbocycles. The van der Waals surface area contributed by atoms with E-state index in [0.717, 1.165) is 37.1 Å². The second-order valence-electron chi connectivity index (χ2n) is 9.70. The number of amides is 1. The lowest BCUT2D eigenvalue weighted by atomic mass is 9.82. The van der Waals surface area contributed by atoms with Gasteiger partial charge in [0, 0.05) is 18.2 Å². The number of nitrogens with zero attached hydrogens (tertiary/aromatic N) is 3. The van der Waals surface area contributed by atoms with Crippen LogP contribution in [0.1, 0.15) is 63.7 Å². The summed E-state index contributed by atoms with van der Waals surface area (Å²) in [4.78, 5) is 28.2. The number of benzene rings is 2. The molecule has 0 bridgehead atoms. The van der Waals surface area contributed by atoms with Gasteiger partial charge in [-0.05, 0) is 88.8 Å². The van der Waals surface area contributed by atoms with Gasteiger partial charge in [0.25, 0.3) is 0 Å². The lowest BCUT2D eigenvalue weighted by Gasteiger charge is -2.32. The molecule has 0 atom stereocenters. The molecule has 0 aliphatic heterocycles. The van der Waals surface area contributed by atoms with Crippen LogP contribution < -0.4 is 9.64 Å². The fourth-order valence-electron chi connectivity index (χ4n) is 4.63. The molecular formula is C29H35N3O4. The molecule has 0 spiro atoms. The molecule has 1 heterocycles. The van der Waals surface area contributed by atoms with Gasteiger partial charge >= 0.3 is 5.97 Å². The maximum Gasteiger partial charge on any atom is 0.343 e. The molecule has 0 saturated heterocycles. The zero-order valence-electron chi connectivity index (χ0n) is 21.5. The predicted octanol–water partition coefficient (Wildman–Crippen LogP) is 6.41. The van der Waals surface area contributed by atoms with Crippen LogP contribution in [0.25, 0.3) is 5.69 Å². The van der Waals surface area contributed by atoms with Gasteiger partial charge in [0.15, 0.2) is 5.82 Å². The summed E-state index contributed by atoms with van der Waals surface area (Å²) in [7, 11) is 0. The van der Waals surface area contributed by atoms with Crippen molar-refractivity contribution in [3.63, 3.8) is 0 Å². The summed E-state index contributed by atoms with van der Waals surface area (Å²) in [6.45, 7) is 8.14. The van der Waals surface area contributed by atoms with E-state index in [1.165, 1.54) is 0 Å². The molecule has 190 valence electrons. The van der Waals surface area contributed by atoms with Gasteiger partial charge in [-0.2, -0.15) is 0 Å². The van der Waals surface area contributed by atoms with Crippen LogP contribution >= 0.6 is 0 Å². The van der Waals surface area contributed by atoms with E-state index in [2.05, 4.69) is 6.92 Å². The summed E-state index contributed by atoms with van der Waals surface area (Å²) in [5.74, 6) is 1.91. The average molecular weight is 490 g/mol. The van der Waals surface area contributed by atoms with Crippen molar-refractivity contribution >= 4 is 17.7 Å². The van der Waals surface area contributed by atoms with Crippen molar-refractivity contribution in [1.29, 1.82) is 0 Å². The molecule has 4 rings (SSSR count). The smallest absolute Gasteiger partial charge is 0.343 e. The molecule has 36 heavy (non-hydrogen) atoms.